The third kappa shape index (κ3) is 3.80. The van der Waals surface area contributed by atoms with Crippen LogP contribution < -0.4 is 10.1 Å². The minimum absolute atomic E-state index is 0.183. The summed E-state index contributed by atoms with van der Waals surface area (Å²) in [5.41, 5.74) is 3.97. The van der Waals surface area contributed by atoms with Gasteiger partial charge in [-0.1, -0.05) is 18.2 Å². The van der Waals surface area contributed by atoms with Gasteiger partial charge in [-0.2, -0.15) is 0 Å². The van der Waals surface area contributed by atoms with Gasteiger partial charge in [0.05, 0.1) is 24.6 Å². The van der Waals surface area contributed by atoms with Gasteiger partial charge in [0.25, 0.3) is 5.91 Å². The molecule has 160 valence electrons. The predicted molar refractivity (Wildman–Crippen MR) is 125 cm³/mol. The number of hydrogen-bond donors (Lipinski definition) is 2. The number of amides is 1. The fourth-order valence-electron chi connectivity index (χ4n) is 3.89. The van der Waals surface area contributed by atoms with E-state index in [1.165, 1.54) is 0 Å². The summed E-state index contributed by atoms with van der Waals surface area (Å²) in [6.07, 6.45) is 6.24. The molecule has 0 aliphatic rings. The van der Waals surface area contributed by atoms with Crippen molar-refractivity contribution in [3.63, 3.8) is 0 Å². The van der Waals surface area contributed by atoms with E-state index in [0.29, 0.717) is 12.2 Å². The monoisotopic (exact) mass is 425 g/mol. The molecule has 0 aliphatic carbocycles. The van der Waals surface area contributed by atoms with Crippen molar-refractivity contribution in [3.8, 4) is 17.0 Å². The molecule has 7 heteroatoms. The quantitative estimate of drug-likeness (QED) is 0.378. The van der Waals surface area contributed by atoms with Gasteiger partial charge in [0.15, 0.2) is 0 Å². The molecule has 5 rings (SSSR count). The van der Waals surface area contributed by atoms with Gasteiger partial charge in [-0.3, -0.25) is 4.79 Å². The Bertz CT molecular complexity index is 1370. The van der Waals surface area contributed by atoms with Gasteiger partial charge < -0.3 is 19.6 Å². The number of aryl methyl sites for hydroxylation is 1. The van der Waals surface area contributed by atoms with Crippen LogP contribution in [0.15, 0.2) is 73.3 Å². The summed E-state index contributed by atoms with van der Waals surface area (Å²) in [7, 11) is 1.64. The smallest absolute Gasteiger partial charge is 0.269 e. The SMILES string of the molecule is COc1ccc(-c2nc(C(=O)NCCCn3ccnc3)cc3c2[nH]c2ccccc23)cc1. The number of pyridine rings is 1. The number of H-pyrrole nitrogens is 1. The van der Waals surface area contributed by atoms with Gasteiger partial charge in [-0.15, -0.1) is 0 Å². The first-order chi connectivity index (χ1) is 15.7. The minimum Gasteiger partial charge on any atom is -0.497 e. The fraction of sp³-hybridized carbons (Fsp3) is 0.160. The Morgan fingerprint density at radius 3 is 2.75 bits per heavy atom. The van der Waals surface area contributed by atoms with Crippen LogP contribution in [0.3, 0.4) is 0 Å². The van der Waals surface area contributed by atoms with E-state index >= 15 is 0 Å². The molecule has 0 fully saturated rings. The van der Waals surface area contributed by atoms with Gasteiger partial charge in [-0.25, -0.2) is 9.97 Å². The Balaban J connectivity index is 1.49. The topological polar surface area (TPSA) is 84.8 Å². The number of nitrogens with one attached hydrogen (secondary N) is 2. The Labute approximate surface area is 185 Å². The number of ether oxygens (including phenoxy) is 1. The zero-order chi connectivity index (χ0) is 21.9. The second-order valence-electron chi connectivity index (χ2n) is 7.59. The van der Waals surface area contributed by atoms with Crippen LogP contribution in [-0.2, 0) is 6.54 Å². The fourth-order valence-corrected chi connectivity index (χ4v) is 3.89. The van der Waals surface area contributed by atoms with Crippen LogP contribution >= 0.6 is 0 Å². The van der Waals surface area contributed by atoms with Crippen molar-refractivity contribution in [2.75, 3.05) is 13.7 Å². The lowest BCUT2D eigenvalue weighted by Crippen LogP contribution is -2.26. The van der Waals surface area contributed by atoms with Crippen LogP contribution in [0, 0.1) is 0 Å². The van der Waals surface area contributed by atoms with Crippen molar-refractivity contribution >= 4 is 27.7 Å². The van der Waals surface area contributed by atoms with Crippen LogP contribution in [-0.4, -0.2) is 39.1 Å². The average Bonchev–Trinajstić information content (AvgIpc) is 3.49. The summed E-state index contributed by atoms with van der Waals surface area (Å²) >= 11 is 0. The average molecular weight is 425 g/mol. The maximum Gasteiger partial charge on any atom is 0.269 e. The predicted octanol–water partition coefficient (Wildman–Crippen LogP) is 4.41. The molecule has 3 aromatic heterocycles. The summed E-state index contributed by atoms with van der Waals surface area (Å²) in [4.78, 5) is 25.2. The molecular weight excluding hydrogens is 402 g/mol. The molecule has 7 nitrogen and oxygen atoms in total. The highest BCUT2D eigenvalue weighted by molar-refractivity contribution is 6.13. The molecule has 0 atom stereocenters. The summed E-state index contributed by atoms with van der Waals surface area (Å²) in [5.74, 6) is 0.589. The van der Waals surface area contributed by atoms with Crippen LogP contribution in [0.1, 0.15) is 16.9 Å². The Morgan fingerprint density at radius 1 is 1.12 bits per heavy atom. The third-order valence-electron chi connectivity index (χ3n) is 5.53. The molecule has 0 aliphatic heterocycles. The van der Waals surface area contributed by atoms with Crippen LogP contribution in [0.25, 0.3) is 33.1 Å². The first-order valence-electron chi connectivity index (χ1n) is 10.5. The Hall–Kier alpha value is -4.13. The van der Waals surface area contributed by atoms with E-state index in [1.807, 2.05) is 59.3 Å². The van der Waals surface area contributed by atoms with Gasteiger partial charge in [0, 0.05) is 47.3 Å². The molecule has 2 aromatic carbocycles. The third-order valence-corrected chi connectivity index (χ3v) is 5.53. The van der Waals surface area contributed by atoms with Crippen molar-refractivity contribution in [1.82, 2.24) is 24.8 Å². The van der Waals surface area contributed by atoms with E-state index in [9.17, 15) is 4.79 Å². The summed E-state index contributed by atoms with van der Waals surface area (Å²) < 4.78 is 7.28. The summed E-state index contributed by atoms with van der Waals surface area (Å²) in [6.45, 7) is 1.36. The number of para-hydroxylation sites is 1. The lowest BCUT2D eigenvalue weighted by atomic mass is 10.1. The second kappa shape index (κ2) is 8.55. The van der Waals surface area contributed by atoms with Crippen LogP contribution in [0.2, 0.25) is 0 Å². The Morgan fingerprint density at radius 2 is 1.97 bits per heavy atom. The van der Waals surface area contributed by atoms with Gasteiger partial charge in [0.1, 0.15) is 11.4 Å². The standard InChI is InChI=1S/C25H23N5O2/c1-32-18-9-7-17(8-10-18)23-24-20(19-5-2-3-6-21(19)28-24)15-22(29-23)25(31)27-11-4-13-30-14-12-26-16-30/h2-3,5-10,12,14-16,28H,4,11,13H2,1H3,(H,27,31). The highest BCUT2D eigenvalue weighted by Gasteiger charge is 2.17. The molecule has 0 unspecified atom stereocenters. The highest BCUT2D eigenvalue weighted by atomic mass is 16.5. The molecule has 0 saturated carbocycles. The molecule has 0 radical (unpaired) electrons. The lowest BCUT2D eigenvalue weighted by Gasteiger charge is -2.09. The number of methoxy groups -OCH3 is 1. The van der Waals surface area contributed by atoms with Gasteiger partial charge >= 0.3 is 0 Å². The summed E-state index contributed by atoms with van der Waals surface area (Å²) in [5, 5.41) is 5.04. The number of nitrogens with zero attached hydrogens (tertiary/aromatic N) is 3. The maximum atomic E-state index is 13.0. The molecule has 32 heavy (non-hydrogen) atoms. The molecular formula is C25H23N5O2. The van der Waals surface area contributed by atoms with Gasteiger partial charge in [-0.05, 0) is 42.8 Å². The van der Waals surface area contributed by atoms with Gasteiger partial charge in [0.2, 0.25) is 0 Å². The first-order valence-corrected chi connectivity index (χ1v) is 10.5. The molecule has 2 N–H and O–H groups in total. The van der Waals surface area contributed by atoms with Crippen LogP contribution in [0.4, 0.5) is 0 Å². The molecule has 3 heterocycles. The number of aromatic amines is 1. The van der Waals surface area contributed by atoms with E-state index in [4.69, 9.17) is 9.72 Å². The van der Waals surface area contributed by atoms with Crippen molar-refractivity contribution in [2.24, 2.45) is 0 Å². The van der Waals surface area contributed by atoms with Crippen molar-refractivity contribution in [1.29, 1.82) is 0 Å². The largest absolute Gasteiger partial charge is 0.497 e. The minimum atomic E-state index is -0.183. The number of rotatable bonds is 7. The van der Waals surface area contributed by atoms with E-state index in [2.05, 4.69) is 21.4 Å². The van der Waals surface area contributed by atoms with E-state index < -0.39 is 0 Å². The number of aromatic nitrogens is 4. The first kappa shape index (κ1) is 19.8. The van der Waals surface area contributed by atoms with Crippen molar-refractivity contribution in [3.05, 3.63) is 79.0 Å². The molecule has 1 amide bonds. The van der Waals surface area contributed by atoms with Crippen molar-refractivity contribution < 1.29 is 9.53 Å². The number of carbonyl (C=O) groups excluding carboxylic acids is 1. The maximum absolute atomic E-state index is 13.0. The highest BCUT2D eigenvalue weighted by Crippen LogP contribution is 2.33. The zero-order valence-electron chi connectivity index (χ0n) is 17.7. The molecule has 0 bridgehead atoms. The van der Waals surface area contributed by atoms with E-state index in [-0.39, 0.29) is 5.91 Å². The number of benzene rings is 2. The number of hydrogen-bond acceptors (Lipinski definition) is 4. The molecule has 0 spiro atoms. The Kier molecular flexibility index (Phi) is 5.29. The number of fused-ring (bicyclic) bond motifs is 3. The second-order valence-corrected chi connectivity index (χ2v) is 7.59. The number of imidazole rings is 1. The summed E-state index contributed by atoms with van der Waals surface area (Å²) in [6, 6.07) is 17.7. The normalized spacial score (nSPS) is 11.2. The van der Waals surface area contributed by atoms with E-state index in [0.717, 1.165) is 51.8 Å². The lowest BCUT2D eigenvalue weighted by molar-refractivity contribution is 0.0948. The zero-order valence-corrected chi connectivity index (χ0v) is 17.7. The van der Waals surface area contributed by atoms with Crippen molar-refractivity contribution in [2.45, 2.75) is 13.0 Å². The molecule has 0 saturated heterocycles. The van der Waals surface area contributed by atoms with E-state index in [1.54, 1.807) is 19.6 Å². The van der Waals surface area contributed by atoms with Crippen LogP contribution in [0.5, 0.6) is 5.75 Å². The number of carbonyl (C=O) groups is 1. The molecule has 5 aromatic rings.